The van der Waals surface area contributed by atoms with Crippen LogP contribution in [0.15, 0.2) is 164 Å². The topological polar surface area (TPSA) is 52.5 Å². The van der Waals surface area contributed by atoms with Gasteiger partial charge in [0.05, 0.1) is 40.0 Å². The summed E-state index contributed by atoms with van der Waals surface area (Å²) in [6.45, 7) is 0. The van der Waals surface area contributed by atoms with Crippen LogP contribution in [-0.4, -0.2) is 4.57 Å². The lowest BCUT2D eigenvalue weighted by atomic mass is 9.82. The van der Waals surface area contributed by atoms with Crippen LogP contribution in [0, 0.1) is 22.7 Å². The molecule has 0 spiro atoms. The third-order valence-electron chi connectivity index (χ3n) is 9.66. The monoisotopic (exact) mass is 621 g/mol. The van der Waals surface area contributed by atoms with Gasteiger partial charge in [-0.15, -0.1) is 0 Å². The van der Waals surface area contributed by atoms with Crippen molar-refractivity contribution in [3.8, 4) is 51.2 Å². The summed E-state index contributed by atoms with van der Waals surface area (Å²) in [6.07, 6.45) is 0. The Morgan fingerprint density at radius 3 is 1.65 bits per heavy atom. The molecule has 9 aromatic rings. The van der Waals surface area contributed by atoms with Crippen molar-refractivity contribution in [3.63, 3.8) is 0 Å². The molecule has 0 amide bonds. The van der Waals surface area contributed by atoms with Gasteiger partial charge in [0.2, 0.25) is 0 Å². The summed E-state index contributed by atoms with van der Waals surface area (Å²) in [5.74, 6) is 0. The van der Waals surface area contributed by atoms with E-state index in [0.29, 0.717) is 11.1 Å². The van der Waals surface area contributed by atoms with Crippen LogP contribution in [0.5, 0.6) is 0 Å². The normalized spacial score (nSPS) is 11.2. The molecule has 49 heavy (non-hydrogen) atoms. The molecule has 3 nitrogen and oxygen atoms in total. The maximum atomic E-state index is 10.7. The van der Waals surface area contributed by atoms with Crippen molar-refractivity contribution in [2.75, 3.05) is 0 Å². The average molecular weight is 622 g/mol. The lowest BCUT2D eigenvalue weighted by Crippen LogP contribution is -2.00. The quantitative estimate of drug-likeness (QED) is 0.184. The minimum atomic E-state index is 0.609. The number of aromatic nitrogens is 1. The standard InChI is InChI=1S/C46H27N3/c47-28-30-25-26-43-40(27-30)33-16-8-10-23-41(33)49(43)42-24-11-9-21-38(42)45-32(29-48)15-12-22-39(45)46-36-19-6-4-17-34(36)44(31-13-2-1-3-14-31)35-18-5-7-20-37(35)46/h1-27H. The van der Waals surface area contributed by atoms with Crippen LogP contribution in [-0.2, 0) is 0 Å². The molecule has 1 heterocycles. The number of fused-ring (bicyclic) bond motifs is 5. The molecule has 0 atom stereocenters. The molecule has 0 N–H and O–H groups in total. The van der Waals surface area contributed by atoms with E-state index in [1.807, 2.05) is 48.5 Å². The maximum absolute atomic E-state index is 10.7. The van der Waals surface area contributed by atoms with Gasteiger partial charge in [-0.3, -0.25) is 0 Å². The lowest BCUT2D eigenvalue weighted by Gasteiger charge is -2.22. The first kappa shape index (κ1) is 28.3. The Kier molecular flexibility index (Phi) is 6.58. The number of hydrogen-bond donors (Lipinski definition) is 0. The highest BCUT2D eigenvalue weighted by Crippen LogP contribution is 2.48. The van der Waals surface area contributed by atoms with E-state index in [2.05, 4.69) is 132 Å². The molecule has 8 aromatic carbocycles. The van der Waals surface area contributed by atoms with Crippen LogP contribution in [0.25, 0.3) is 82.4 Å². The summed E-state index contributed by atoms with van der Waals surface area (Å²) >= 11 is 0. The first-order valence-corrected chi connectivity index (χ1v) is 16.3. The van der Waals surface area contributed by atoms with Crippen molar-refractivity contribution in [2.45, 2.75) is 0 Å². The second-order valence-corrected chi connectivity index (χ2v) is 12.3. The Labute approximate surface area is 283 Å². The first-order chi connectivity index (χ1) is 24.3. The van der Waals surface area contributed by atoms with Gasteiger partial charge in [-0.1, -0.05) is 127 Å². The third kappa shape index (κ3) is 4.35. The van der Waals surface area contributed by atoms with E-state index in [0.717, 1.165) is 60.5 Å². The molecule has 226 valence electrons. The zero-order valence-corrected chi connectivity index (χ0v) is 26.4. The fourth-order valence-electron chi connectivity index (χ4n) is 7.66. The van der Waals surface area contributed by atoms with Crippen molar-refractivity contribution < 1.29 is 0 Å². The van der Waals surface area contributed by atoms with E-state index in [-0.39, 0.29) is 0 Å². The number of benzene rings is 8. The van der Waals surface area contributed by atoms with E-state index in [4.69, 9.17) is 0 Å². The molecular weight excluding hydrogens is 595 g/mol. The molecular formula is C46H27N3. The largest absolute Gasteiger partial charge is 0.309 e. The van der Waals surface area contributed by atoms with Gasteiger partial charge < -0.3 is 4.57 Å². The van der Waals surface area contributed by atoms with Crippen LogP contribution in [0.3, 0.4) is 0 Å². The van der Waals surface area contributed by atoms with Crippen LogP contribution in [0.1, 0.15) is 11.1 Å². The second-order valence-electron chi connectivity index (χ2n) is 12.3. The Balaban J connectivity index is 1.41. The number of rotatable bonds is 4. The van der Waals surface area contributed by atoms with Gasteiger partial charge in [-0.05, 0) is 80.2 Å². The smallest absolute Gasteiger partial charge is 0.0998 e. The fraction of sp³-hybridized carbons (Fsp3) is 0. The Hall–Kier alpha value is -6.94. The number of hydrogen-bond acceptors (Lipinski definition) is 2. The van der Waals surface area contributed by atoms with Crippen LogP contribution in [0.2, 0.25) is 0 Å². The number of nitrogens with zero attached hydrogens (tertiary/aromatic N) is 3. The zero-order valence-electron chi connectivity index (χ0n) is 26.4. The molecule has 0 fully saturated rings. The molecule has 0 aliphatic carbocycles. The van der Waals surface area contributed by atoms with Crippen LogP contribution < -0.4 is 0 Å². The first-order valence-electron chi connectivity index (χ1n) is 16.3. The molecule has 0 bridgehead atoms. The molecule has 0 aliphatic rings. The van der Waals surface area contributed by atoms with E-state index in [1.165, 1.54) is 21.9 Å². The molecule has 0 aliphatic heterocycles. The summed E-state index contributed by atoms with van der Waals surface area (Å²) in [4.78, 5) is 0. The molecule has 0 radical (unpaired) electrons. The zero-order chi connectivity index (χ0) is 32.9. The predicted octanol–water partition coefficient (Wildman–Crippen LogP) is 11.8. The van der Waals surface area contributed by atoms with E-state index in [9.17, 15) is 10.5 Å². The predicted molar refractivity (Wildman–Crippen MR) is 202 cm³/mol. The maximum Gasteiger partial charge on any atom is 0.0998 e. The third-order valence-corrected chi connectivity index (χ3v) is 9.66. The Bertz CT molecular complexity index is 2790. The van der Waals surface area contributed by atoms with E-state index in [1.54, 1.807) is 0 Å². The highest BCUT2D eigenvalue weighted by molar-refractivity contribution is 6.22. The Morgan fingerprint density at radius 1 is 0.388 bits per heavy atom. The minimum Gasteiger partial charge on any atom is -0.309 e. The summed E-state index contributed by atoms with van der Waals surface area (Å²) in [7, 11) is 0. The molecule has 9 rings (SSSR count). The van der Waals surface area contributed by atoms with Gasteiger partial charge in [0.1, 0.15) is 0 Å². The average Bonchev–Trinajstić information content (AvgIpc) is 3.50. The van der Waals surface area contributed by atoms with E-state index < -0.39 is 0 Å². The van der Waals surface area contributed by atoms with Crippen molar-refractivity contribution in [3.05, 3.63) is 175 Å². The molecule has 0 unspecified atom stereocenters. The summed E-state index contributed by atoms with van der Waals surface area (Å²) < 4.78 is 2.27. The molecule has 1 aromatic heterocycles. The molecule has 3 heteroatoms. The second kappa shape index (κ2) is 11.4. The number of para-hydroxylation sites is 2. The van der Waals surface area contributed by atoms with Gasteiger partial charge in [0.25, 0.3) is 0 Å². The van der Waals surface area contributed by atoms with Gasteiger partial charge >= 0.3 is 0 Å². The van der Waals surface area contributed by atoms with Crippen LogP contribution in [0.4, 0.5) is 0 Å². The van der Waals surface area contributed by atoms with Crippen molar-refractivity contribution >= 4 is 43.4 Å². The van der Waals surface area contributed by atoms with Gasteiger partial charge in [-0.2, -0.15) is 10.5 Å². The van der Waals surface area contributed by atoms with Crippen molar-refractivity contribution in [1.82, 2.24) is 4.57 Å². The molecule has 0 saturated heterocycles. The van der Waals surface area contributed by atoms with E-state index >= 15 is 0 Å². The number of nitriles is 2. The highest BCUT2D eigenvalue weighted by Gasteiger charge is 2.23. The van der Waals surface area contributed by atoms with Gasteiger partial charge in [0.15, 0.2) is 0 Å². The van der Waals surface area contributed by atoms with Crippen molar-refractivity contribution in [2.24, 2.45) is 0 Å². The summed E-state index contributed by atoms with van der Waals surface area (Å²) in [6, 6.07) is 61.3. The van der Waals surface area contributed by atoms with Gasteiger partial charge in [0, 0.05) is 21.9 Å². The summed E-state index contributed by atoms with van der Waals surface area (Å²) in [5, 5.41) is 27.1. The summed E-state index contributed by atoms with van der Waals surface area (Å²) in [5.41, 5.74) is 10.6. The van der Waals surface area contributed by atoms with Gasteiger partial charge in [-0.25, -0.2) is 0 Å². The van der Waals surface area contributed by atoms with Crippen molar-refractivity contribution in [1.29, 1.82) is 10.5 Å². The van der Waals surface area contributed by atoms with Crippen LogP contribution >= 0.6 is 0 Å². The minimum absolute atomic E-state index is 0.609. The lowest BCUT2D eigenvalue weighted by molar-refractivity contribution is 1.18. The Morgan fingerprint density at radius 2 is 0.959 bits per heavy atom. The SMILES string of the molecule is N#Cc1ccc2c(c1)c1ccccc1n2-c1ccccc1-c1c(C#N)cccc1-c1c2ccccc2c(-c2ccccc2)c2ccccc12. The highest BCUT2D eigenvalue weighted by atomic mass is 15.0. The fourth-order valence-corrected chi connectivity index (χ4v) is 7.66. The molecule has 0 saturated carbocycles.